The van der Waals surface area contributed by atoms with Crippen molar-refractivity contribution in [1.29, 1.82) is 0 Å². The molecule has 0 radical (unpaired) electrons. The number of ether oxygens (including phenoxy) is 2. The highest BCUT2D eigenvalue weighted by molar-refractivity contribution is 5.79. The summed E-state index contributed by atoms with van der Waals surface area (Å²) in [7, 11) is 3.21. The molecule has 2 aromatic heterocycles. The van der Waals surface area contributed by atoms with Gasteiger partial charge in [0, 0.05) is 35.6 Å². The summed E-state index contributed by atoms with van der Waals surface area (Å²) in [4.78, 5) is 20.8. The molecule has 0 aliphatic heterocycles. The Balaban J connectivity index is 1.29. The number of rotatable bonds is 7. The molecule has 0 unspecified atom stereocenters. The molecule has 1 amide bonds. The lowest BCUT2D eigenvalue weighted by molar-refractivity contribution is -0.121. The molecule has 2 heterocycles. The van der Waals surface area contributed by atoms with Gasteiger partial charge in [-0.1, -0.05) is 6.07 Å². The van der Waals surface area contributed by atoms with Crippen molar-refractivity contribution in [2.24, 2.45) is 0 Å². The number of hydrogen-bond donors (Lipinski definition) is 1. The van der Waals surface area contributed by atoms with Crippen molar-refractivity contribution in [1.82, 2.24) is 25.1 Å². The van der Waals surface area contributed by atoms with Gasteiger partial charge in [-0.3, -0.25) is 9.48 Å². The summed E-state index contributed by atoms with van der Waals surface area (Å²) < 4.78 is 12.6. The molecule has 1 saturated carbocycles. The maximum atomic E-state index is 12.6. The van der Waals surface area contributed by atoms with Crippen LogP contribution in [0.2, 0.25) is 0 Å². The van der Waals surface area contributed by atoms with Crippen molar-refractivity contribution in [3.05, 3.63) is 54.7 Å². The second kappa shape index (κ2) is 9.59. The Hall–Kier alpha value is -3.42. The predicted molar refractivity (Wildman–Crippen MR) is 116 cm³/mol. The number of hydrogen-bond acceptors (Lipinski definition) is 6. The van der Waals surface area contributed by atoms with Gasteiger partial charge in [-0.05, 0) is 37.8 Å². The van der Waals surface area contributed by atoms with E-state index in [0.29, 0.717) is 17.5 Å². The fraction of sp³-hybridized carbons (Fsp3) is 0.391. The molecule has 0 spiro atoms. The molecule has 1 N–H and O–H groups in total. The van der Waals surface area contributed by atoms with Crippen LogP contribution >= 0.6 is 0 Å². The molecular formula is C23H27N5O3. The highest BCUT2D eigenvalue weighted by Crippen LogP contribution is 2.30. The minimum Gasteiger partial charge on any atom is -0.497 e. The average molecular weight is 422 g/mol. The third-order valence-electron chi connectivity index (χ3n) is 5.76. The number of benzene rings is 1. The van der Waals surface area contributed by atoms with Crippen LogP contribution in [0.5, 0.6) is 11.5 Å². The van der Waals surface area contributed by atoms with E-state index < -0.39 is 0 Å². The Kier molecular flexibility index (Phi) is 6.45. The topological polar surface area (TPSA) is 91.2 Å². The molecule has 1 aromatic carbocycles. The minimum absolute atomic E-state index is 0.0112. The number of carbonyl (C=O) groups is 1. The summed E-state index contributed by atoms with van der Waals surface area (Å²) >= 11 is 0. The number of methoxy groups -OCH3 is 2. The van der Waals surface area contributed by atoms with Crippen LogP contribution in [0.1, 0.15) is 37.3 Å². The zero-order chi connectivity index (χ0) is 21.6. The van der Waals surface area contributed by atoms with Gasteiger partial charge in [0.05, 0.1) is 38.6 Å². The van der Waals surface area contributed by atoms with Crippen molar-refractivity contribution < 1.29 is 14.3 Å². The van der Waals surface area contributed by atoms with Crippen LogP contribution in [-0.2, 0) is 11.2 Å². The molecule has 0 bridgehead atoms. The van der Waals surface area contributed by atoms with E-state index in [2.05, 4.69) is 20.4 Å². The van der Waals surface area contributed by atoms with Gasteiger partial charge in [-0.2, -0.15) is 5.10 Å². The van der Waals surface area contributed by atoms with Gasteiger partial charge < -0.3 is 14.8 Å². The standard InChI is InChI=1S/C23H27N5O3/c1-30-20-8-3-16(22(12-20)31-2)11-23(29)27-18-4-6-19(7-5-18)28-14-17(13-26-28)21-9-10-24-15-25-21/h3,8-10,12-15,18-19H,4-7,11H2,1-2H3,(H,27,29). The Morgan fingerprint density at radius 3 is 2.71 bits per heavy atom. The third kappa shape index (κ3) is 5.02. The van der Waals surface area contributed by atoms with Gasteiger partial charge in [-0.15, -0.1) is 0 Å². The fourth-order valence-corrected chi connectivity index (χ4v) is 4.07. The Morgan fingerprint density at radius 1 is 1.16 bits per heavy atom. The lowest BCUT2D eigenvalue weighted by Crippen LogP contribution is -2.38. The van der Waals surface area contributed by atoms with Crippen LogP contribution in [0.15, 0.2) is 49.2 Å². The molecule has 4 rings (SSSR count). The summed E-state index contributed by atoms with van der Waals surface area (Å²) in [6, 6.07) is 7.92. The van der Waals surface area contributed by atoms with Gasteiger partial charge in [-0.25, -0.2) is 9.97 Å². The van der Waals surface area contributed by atoms with Crippen molar-refractivity contribution in [3.63, 3.8) is 0 Å². The number of amides is 1. The Labute approximate surface area is 181 Å². The van der Waals surface area contributed by atoms with E-state index in [0.717, 1.165) is 42.5 Å². The molecule has 1 aliphatic carbocycles. The van der Waals surface area contributed by atoms with Crippen molar-refractivity contribution >= 4 is 5.91 Å². The molecular weight excluding hydrogens is 394 g/mol. The van der Waals surface area contributed by atoms with E-state index in [9.17, 15) is 4.79 Å². The number of carbonyl (C=O) groups excluding carboxylic acids is 1. The minimum atomic E-state index is 0.0112. The van der Waals surface area contributed by atoms with E-state index in [1.165, 1.54) is 0 Å². The molecule has 31 heavy (non-hydrogen) atoms. The maximum Gasteiger partial charge on any atom is 0.224 e. The average Bonchev–Trinajstić information content (AvgIpc) is 3.31. The summed E-state index contributed by atoms with van der Waals surface area (Å²) in [5, 5.41) is 7.71. The van der Waals surface area contributed by atoms with Crippen LogP contribution in [0, 0.1) is 0 Å². The van der Waals surface area contributed by atoms with Crippen LogP contribution < -0.4 is 14.8 Å². The zero-order valence-electron chi connectivity index (χ0n) is 17.8. The Bertz CT molecular complexity index is 1010. The first kappa shape index (κ1) is 20.8. The van der Waals surface area contributed by atoms with Crippen molar-refractivity contribution in [3.8, 4) is 22.8 Å². The van der Waals surface area contributed by atoms with E-state index in [-0.39, 0.29) is 18.4 Å². The van der Waals surface area contributed by atoms with Crippen LogP contribution in [0.4, 0.5) is 0 Å². The molecule has 1 fully saturated rings. The second-order valence-electron chi connectivity index (χ2n) is 7.73. The Morgan fingerprint density at radius 2 is 2.00 bits per heavy atom. The van der Waals surface area contributed by atoms with E-state index in [4.69, 9.17) is 9.47 Å². The fourth-order valence-electron chi connectivity index (χ4n) is 4.07. The summed E-state index contributed by atoms with van der Waals surface area (Å²) in [5.74, 6) is 1.38. The first-order valence-corrected chi connectivity index (χ1v) is 10.5. The van der Waals surface area contributed by atoms with Gasteiger partial charge in [0.25, 0.3) is 0 Å². The summed E-state index contributed by atoms with van der Waals surface area (Å²) in [5.41, 5.74) is 2.71. The number of aromatic nitrogens is 4. The summed E-state index contributed by atoms with van der Waals surface area (Å²) in [6.07, 6.45) is 11.3. The molecule has 162 valence electrons. The van der Waals surface area contributed by atoms with Gasteiger partial charge >= 0.3 is 0 Å². The van der Waals surface area contributed by atoms with E-state index in [1.54, 1.807) is 32.8 Å². The highest BCUT2D eigenvalue weighted by atomic mass is 16.5. The molecule has 1 aliphatic rings. The molecule has 8 heteroatoms. The monoisotopic (exact) mass is 421 g/mol. The summed E-state index contributed by atoms with van der Waals surface area (Å²) in [6.45, 7) is 0. The van der Waals surface area contributed by atoms with Crippen LogP contribution in [-0.4, -0.2) is 45.9 Å². The maximum absolute atomic E-state index is 12.6. The van der Waals surface area contributed by atoms with Gasteiger partial charge in [0.1, 0.15) is 17.8 Å². The van der Waals surface area contributed by atoms with Crippen LogP contribution in [0.25, 0.3) is 11.3 Å². The largest absolute Gasteiger partial charge is 0.497 e. The van der Waals surface area contributed by atoms with Crippen molar-refractivity contribution in [2.75, 3.05) is 14.2 Å². The van der Waals surface area contributed by atoms with Gasteiger partial charge in [0.15, 0.2) is 0 Å². The van der Waals surface area contributed by atoms with Crippen molar-refractivity contribution in [2.45, 2.75) is 44.2 Å². The normalized spacial score (nSPS) is 18.4. The highest BCUT2D eigenvalue weighted by Gasteiger charge is 2.24. The molecule has 8 nitrogen and oxygen atoms in total. The van der Waals surface area contributed by atoms with E-state index in [1.807, 2.05) is 35.3 Å². The first-order valence-electron chi connectivity index (χ1n) is 10.5. The number of nitrogens with one attached hydrogen (secondary N) is 1. The van der Waals surface area contributed by atoms with Gasteiger partial charge in [0.2, 0.25) is 5.91 Å². The first-order chi connectivity index (χ1) is 15.2. The quantitative estimate of drug-likeness (QED) is 0.630. The lowest BCUT2D eigenvalue weighted by atomic mass is 9.91. The smallest absolute Gasteiger partial charge is 0.224 e. The zero-order valence-corrected chi connectivity index (χ0v) is 17.8. The predicted octanol–water partition coefficient (Wildman–Crippen LogP) is 3.20. The lowest BCUT2D eigenvalue weighted by Gasteiger charge is -2.29. The molecule has 0 saturated heterocycles. The third-order valence-corrected chi connectivity index (χ3v) is 5.76. The second-order valence-corrected chi connectivity index (χ2v) is 7.73. The van der Waals surface area contributed by atoms with Crippen LogP contribution in [0.3, 0.4) is 0 Å². The molecule has 0 atom stereocenters. The molecule has 3 aromatic rings. The van der Waals surface area contributed by atoms with E-state index >= 15 is 0 Å². The number of nitrogens with zero attached hydrogens (tertiary/aromatic N) is 4. The SMILES string of the molecule is COc1ccc(CC(=O)NC2CCC(n3cc(-c4ccncn4)cn3)CC2)c(OC)c1.